The lowest BCUT2D eigenvalue weighted by molar-refractivity contribution is 0.129. The topological polar surface area (TPSA) is 30.8 Å². The van der Waals surface area contributed by atoms with Gasteiger partial charge in [-0.2, -0.15) is 0 Å². The summed E-state index contributed by atoms with van der Waals surface area (Å²) < 4.78 is 18.0. The van der Waals surface area contributed by atoms with Crippen LogP contribution in [0.4, 0.5) is 4.39 Å². The van der Waals surface area contributed by atoms with Gasteiger partial charge in [0, 0.05) is 5.92 Å². The average Bonchev–Trinajstić information content (AvgIpc) is 3.37. The van der Waals surface area contributed by atoms with Crippen LogP contribution >= 0.6 is 0 Å². The van der Waals surface area contributed by atoms with Crippen molar-refractivity contribution in [1.29, 1.82) is 0 Å². The van der Waals surface area contributed by atoms with Gasteiger partial charge < -0.3 is 9.57 Å². The molecule has 0 amide bonds. The smallest absolute Gasteiger partial charge is 0.142 e. The van der Waals surface area contributed by atoms with Gasteiger partial charge in [0.2, 0.25) is 0 Å². The number of hydrogen-bond acceptors (Lipinski definition) is 3. The van der Waals surface area contributed by atoms with E-state index in [1.165, 1.54) is 17.7 Å². The molecule has 23 heavy (non-hydrogen) atoms. The molecule has 2 atom stereocenters. The quantitative estimate of drug-likeness (QED) is 0.579. The van der Waals surface area contributed by atoms with Crippen molar-refractivity contribution in [3.8, 4) is 5.75 Å². The first-order valence-corrected chi connectivity index (χ1v) is 7.72. The summed E-state index contributed by atoms with van der Waals surface area (Å²) in [5, 5.41) is 4.21. The second kappa shape index (κ2) is 6.82. The van der Waals surface area contributed by atoms with Crippen LogP contribution in [0.15, 0.2) is 53.7 Å². The second-order valence-corrected chi connectivity index (χ2v) is 5.85. The Morgan fingerprint density at radius 3 is 2.48 bits per heavy atom. The van der Waals surface area contributed by atoms with Crippen LogP contribution in [0.2, 0.25) is 0 Å². The van der Waals surface area contributed by atoms with E-state index in [4.69, 9.17) is 9.57 Å². The summed E-state index contributed by atoms with van der Waals surface area (Å²) in [5.74, 6) is 1.59. The molecular weight excluding hydrogens is 293 g/mol. The Balaban J connectivity index is 1.52. The van der Waals surface area contributed by atoms with Crippen molar-refractivity contribution in [1.82, 2.24) is 0 Å². The van der Waals surface area contributed by atoms with Crippen molar-refractivity contribution in [3.05, 3.63) is 65.5 Å². The zero-order chi connectivity index (χ0) is 16.2. The van der Waals surface area contributed by atoms with Crippen molar-refractivity contribution in [2.75, 3.05) is 7.11 Å². The molecule has 3 nitrogen and oxygen atoms in total. The molecule has 3 rings (SSSR count). The maximum Gasteiger partial charge on any atom is 0.142 e. The minimum absolute atomic E-state index is 0.242. The minimum atomic E-state index is -0.242. The van der Waals surface area contributed by atoms with Gasteiger partial charge in [0.25, 0.3) is 0 Å². The van der Waals surface area contributed by atoms with E-state index in [0.717, 1.165) is 23.4 Å². The summed E-state index contributed by atoms with van der Waals surface area (Å²) in [5.41, 5.74) is 3.22. The first-order chi connectivity index (χ1) is 11.2. The Morgan fingerprint density at radius 2 is 1.83 bits per heavy atom. The molecule has 1 aliphatic carbocycles. The molecule has 2 aromatic rings. The number of nitrogens with zero attached hydrogens (tertiary/aromatic N) is 1. The maximum absolute atomic E-state index is 12.8. The Bertz CT molecular complexity index is 680. The molecule has 1 saturated carbocycles. The van der Waals surface area contributed by atoms with E-state index in [-0.39, 0.29) is 5.82 Å². The minimum Gasteiger partial charge on any atom is -0.497 e. The number of methoxy groups -OCH3 is 1. The van der Waals surface area contributed by atoms with Gasteiger partial charge in [-0.15, -0.1) is 0 Å². The second-order valence-electron chi connectivity index (χ2n) is 5.85. The van der Waals surface area contributed by atoms with E-state index in [1.807, 2.05) is 19.1 Å². The number of ether oxygens (including phenoxy) is 1. The molecule has 120 valence electrons. The molecule has 1 aliphatic rings. The molecule has 0 N–H and O–H groups in total. The lowest BCUT2D eigenvalue weighted by atomic mass is 10.1. The van der Waals surface area contributed by atoms with Crippen LogP contribution in [0.25, 0.3) is 0 Å². The molecule has 0 bridgehead atoms. The van der Waals surface area contributed by atoms with Gasteiger partial charge >= 0.3 is 0 Å². The van der Waals surface area contributed by atoms with Crippen LogP contribution in [0.5, 0.6) is 5.75 Å². The average molecular weight is 313 g/mol. The number of hydrogen-bond donors (Lipinski definition) is 0. The van der Waals surface area contributed by atoms with Crippen LogP contribution in [0.3, 0.4) is 0 Å². The molecule has 4 heteroatoms. The van der Waals surface area contributed by atoms with Gasteiger partial charge in [0.15, 0.2) is 0 Å². The third-order valence-electron chi connectivity index (χ3n) is 4.22. The van der Waals surface area contributed by atoms with Crippen LogP contribution in [0, 0.1) is 11.7 Å². The van der Waals surface area contributed by atoms with Crippen molar-refractivity contribution < 1.29 is 14.0 Å². The summed E-state index contributed by atoms with van der Waals surface area (Å²) in [6, 6.07) is 14.5. The Labute approximate surface area is 135 Å². The SMILES string of the molecule is COc1ccc(C2CC2C(C)=NOCc2ccc(F)cc2)cc1. The highest BCUT2D eigenvalue weighted by Crippen LogP contribution is 2.48. The van der Waals surface area contributed by atoms with Crippen LogP contribution in [-0.4, -0.2) is 12.8 Å². The van der Waals surface area contributed by atoms with Gasteiger partial charge in [0.05, 0.1) is 12.8 Å². The Hall–Kier alpha value is -2.36. The summed E-state index contributed by atoms with van der Waals surface area (Å²) in [6.45, 7) is 2.36. The fourth-order valence-corrected chi connectivity index (χ4v) is 2.73. The summed E-state index contributed by atoms with van der Waals surface area (Å²) in [6.07, 6.45) is 1.10. The van der Waals surface area contributed by atoms with Gasteiger partial charge in [-0.05, 0) is 54.7 Å². The van der Waals surface area contributed by atoms with E-state index in [1.54, 1.807) is 19.2 Å². The summed E-state index contributed by atoms with van der Waals surface area (Å²) >= 11 is 0. The van der Waals surface area contributed by atoms with Gasteiger partial charge in [-0.1, -0.05) is 29.4 Å². The Morgan fingerprint density at radius 1 is 1.13 bits per heavy atom. The van der Waals surface area contributed by atoms with Crippen LogP contribution in [-0.2, 0) is 11.4 Å². The number of oxime groups is 1. The highest BCUT2D eigenvalue weighted by Gasteiger charge is 2.40. The number of benzene rings is 2. The van der Waals surface area contributed by atoms with Crippen molar-refractivity contribution in [2.24, 2.45) is 11.1 Å². The van der Waals surface area contributed by atoms with Crippen LogP contribution in [0.1, 0.15) is 30.4 Å². The first-order valence-electron chi connectivity index (χ1n) is 7.72. The third-order valence-corrected chi connectivity index (χ3v) is 4.22. The molecule has 2 unspecified atom stereocenters. The predicted octanol–water partition coefficient (Wildman–Crippen LogP) is 4.53. The highest BCUT2D eigenvalue weighted by atomic mass is 19.1. The summed E-state index contributed by atoms with van der Waals surface area (Å²) in [7, 11) is 1.67. The van der Waals surface area contributed by atoms with Gasteiger partial charge in [-0.3, -0.25) is 0 Å². The molecule has 0 saturated heterocycles. The highest BCUT2D eigenvalue weighted by molar-refractivity contribution is 5.87. The molecule has 0 radical (unpaired) electrons. The largest absolute Gasteiger partial charge is 0.497 e. The normalized spacial score (nSPS) is 20.2. The predicted molar refractivity (Wildman–Crippen MR) is 88.1 cm³/mol. The standard InChI is InChI=1S/C19H20FNO2/c1-13(21-23-12-14-3-7-16(20)8-4-14)18-11-19(18)15-5-9-17(22-2)10-6-15/h3-10,18-19H,11-12H2,1-2H3. The zero-order valence-corrected chi connectivity index (χ0v) is 13.3. The first kappa shape index (κ1) is 15.5. The molecule has 0 spiro atoms. The monoisotopic (exact) mass is 313 g/mol. The van der Waals surface area contributed by atoms with Gasteiger partial charge in [-0.25, -0.2) is 4.39 Å². The van der Waals surface area contributed by atoms with E-state index < -0.39 is 0 Å². The summed E-state index contributed by atoms with van der Waals surface area (Å²) in [4.78, 5) is 5.39. The lowest BCUT2D eigenvalue weighted by Crippen LogP contribution is -1.99. The lowest BCUT2D eigenvalue weighted by Gasteiger charge is -2.04. The fraction of sp³-hybridized carbons (Fsp3) is 0.316. The molecule has 0 aromatic heterocycles. The third kappa shape index (κ3) is 3.89. The molecule has 0 aliphatic heterocycles. The number of rotatable bonds is 6. The molecule has 1 fully saturated rings. The molecule has 2 aromatic carbocycles. The van der Waals surface area contributed by atoms with Crippen LogP contribution < -0.4 is 4.74 Å². The van der Waals surface area contributed by atoms with Crippen molar-refractivity contribution in [3.63, 3.8) is 0 Å². The van der Waals surface area contributed by atoms with E-state index in [0.29, 0.717) is 18.4 Å². The van der Waals surface area contributed by atoms with E-state index in [9.17, 15) is 4.39 Å². The van der Waals surface area contributed by atoms with Crippen molar-refractivity contribution in [2.45, 2.75) is 25.9 Å². The fourth-order valence-electron chi connectivity index (χ4n) is 2.73. The number of halogens is 1. The molecular formula is C19H20FNO2. The molecule has 0 heterocycles. The Kier molecular flexibility index (Phi) is 4.60. The van der Waals surface area contributed by atoms with Gasteiger partial charge in [0.1, 0.15) is 18.2 Å². The zero-order valence-electron chi connectivity index (χ0n) is 13.3. The van der Waals surface area contributed by atoms with E-state index in [2.05, 4.69) is 17.3 Å². The van der Waals surface area contributed by atoms with Crippen molar-refractivity contribution >= 4 is 5.71 Å². The maximum atomic E-state index is 12.8. The van der Waals surface area contributed by atoms with E-state index >= 15 is 0 Å².